The number of nitrogens with one attached hydrogen (secondary N) is 1. The van der Waals surface area contributed by atoms with E-state index in [1.165, 1.54) is 0 Å². The lowest BCUT2D eigenvalue weighted by atomic mass is 9.67. The van der Waals surface area contributed by atoms with Gasteiger partial charge in [0.15, 0.2) is 0 Å². The average Bonchev–Trinajstić information content (AvgIpc) is 2.80. The number of carbonyl (C=O) groups excluding carboxylic acids is 4. The van der Waals surface area contributed by atoms with Gasteiger partial charge in [-0.3, -0.25) is 24.4 Å². The molecular weight excluding hydrogens is 448 g/mol. The summed E-state index contributed by atoms with van der Waals surface area (Å²) in [5.74, 6) is -1.31. The quantitative estimate of drug-likeness (QED) is 0.245. The number of hydroxylamine groups is 2. The van der Waals surface area contributed by atoms with Gasteiger partial charge in [-0.2, -0.15) is 0 Å². The van der Waals surface area contributed by atoms with E-state index in [0.717, 1.165) is 0 Å². The van der Waals surface area contributed by atoms with Crippen LogP contribution in [0.15, 0.2) is 24.3 Å². The van der Waals surface area contributed by atoms with E-state index in [2.05, 4.69) is 5.32 Å². The van der Waals surface area contributed by atoms with Crippen molar-refractivity contribution in [3.63, 3.8) is 0 Å². The Labute approximate surface area is 208 Å². The Morgan fingerprint density at radius 2 is 1.86 bits per heavy atom. The fourth-order valence-corrected chi connectivity index (χ4v) is 5.13. The average molecular weight is 491 g/mol. The number of primary amides is 1. The van der Waals surface area contributed by atoms with Crippen molar-refractivity contribution in [1.29, 1.82) is 0 Å². The standard InChI is InChI=1S/C26H42N4O5/c1-18(2)15-19(16-30(35)17-31)22(32)28-21(25(3,4)5)23(33)29-13-9-20(10-14-29)26(24(27)34)11-7-6-8-12-26/h6-8,11,17-21,35H,9-10,12-16H2,1-5H3,(H2,27,34)(H,28,32)/t19-,21-,26?/m1/s1. The summed E-state index contributed by atoms with van der Waals surface area (Å²) in [6.45, 7) is 10.4. The van der Waals surface area contributed by atoms with E-state index in [1.54, 1.807) is 4.90 Å². The van der Waals surface area contributed by atoms with Gasteiger partial charge in [0.2, 0.25) is 24.1 Å². The molecule has 4 N–H and O–H groups in total. The van der Waals surface area contributed by atoms with Crippen LogP contribution in [0.3, 0.4) is 0 Å². The number of nitrogens with two attached hydrogens (primary N) is 1. The van der Waals surface area contributed by atoms with Crippen LogP contribution in [0.2, 0.25) is 0 Å². The van der Waals surface area contributed by atoms with Gasteiger partial charge >= 0.3 is 0 Å². The molecule has 0 bridgehead atoms. The van der Waals surface area contributed by atoms with Crippen molar-refractivity contribution >= 4 is 24.1 Å². The van der Waals surface area contributed by atoms with Crippen molar-refractivity contribution in [3.05, 3.63) is 24.3 Å². The van der Waals surface area contributed by atoms with E-state index >= 15 is 0 Å². The summed E-state index contributed by atoms with van der Waals surface area (Å²) in [6, 6.07) is -0.771. The summed E-state index contributed by atoms with van der Waals surface area (Å²) in [7, 11) is 0. The van der Waals surface area contributed by atoms with Crippen molar-refractivity contribution in [2.45, 2.75) is 66.3 Å². The molecule has 1 aliphatic heterocycles. The van der Waals surface area contributed by atoms with Gasteiger partial charge in [-0.15, -0.1) is 0 Å². The van der Waals surface area contributed by atoms with Crippen LogP contribution in [0.4, 0.5) is 0 Å². The maximum atomic E-state index is 13.6. The minimum absolute atomic E-state index is 0.0437. The van der Waals surface area contributed by atoms with Gasteiger partial charge in [-0.1, -0.05) is 58.9 Å². The molecule has 35 heavy (non-hydrogen) atoms. The zero-order valence-corrected chi connectivity index (χ0v) is 21.7. The van der Waals surface area contributed by atoms with Gasteiger partial charge in [0.25, 0.3) is 0 Å². The molecule has 0 radical (unpaired) electrons. The van der Waals surface area contributed by atoms with Crippen LogP contribution in [0.1, 0.15) is 60.3 Å². The number of hydrogen-bond acceptors (Lipinski definition) is 5. The summed E-state index contributed by atoms with van der Waals surface area (Å²) < 4.78 is 0. The molecule has 0 saturated carbocycles. The SMILES string of the molecule is CC(C)C[C@H](CN(O)C=O)C(=O)N[C@H](C(=O)N1CCC(C2(C(N)=O)C=CC=CC2)CC1)C(C)(C)C. The fraction of sp³-hybridized carbons (Fsp3) is 0.692. The van der Waals surface area contributed by atoms with E-state index in [-0.39, 0.29) is 42.5 Å². The van der Waals surface area contributed by atoms with Gasteiger partial charge in [0.1, 0.15) is 6.04 Å². The molecule has 0 spiro atoms. The molecule has 2 rings (SSSR count). The minimum atomic E-state index is -0.771. The molecule has 1 heterocycles. The molecule has 2 aliphatic rings. The number of rotatable bonds is 10. The smallest absolute Gasteiger partial charge is 0.245 e. The first kappa shape index (κ1) is 28.6. The Bertz CT molecular complexity index is 839. The molecule has 9 nitrogen and oxygen atoms in total. The molecular formula is C26H42N4O5. The van der Waals surface area contributed by atoms with Crippen LogP contribution >= 0.6 is 0 Å². The first-order chi connectivity index (χ1) is 16.3. The third-order valence-corrected chi connectivity index (χ3v) is 7.15. The monoisotopic (exact) mass is 490 g/mol. The summed E-state index contributed by atoms with van der Waals surface area (Å²) >= 11 is 0. The first-order valence-electron chi connectivity index (χ1n) is 12.5. The molecule has 0 aromatic heterocycles. The minimum Gasteiger partial charge on any atom is -0.369 e. The lowest BCUT2D eigenvalue weighted by molar-refractivity contribution is -0.156. The van der Waals surface area contributed by atoms with Crippen LogP contribution in [0.25, 0.3) is 0 Å². The van der Waals surface area contributed by atoms with Crippen LogP contribution in [-0.2, 0) is 19.2 Å². The number of amides is 4. The zero-order chi connectivity index (χ0) is 26.4. The van der Waals surface area contributed by atoms with Crippen LogP contribution in [0.5, 0.6) is 0 Å². The molecule has 0 aromatic rings. The zero-order valence-electron chi connectivity index (χ0n) is 21.7. The molecule has 9 heteroatoms. The van der Waals surface area contributed by atoms with Crippen molar-refractivity contribution in [3.8, 4) is 0 Å². The molecule has 1 fully saturated rings. The first-order valence-corrected chi connectivity index (χ1v) is 12.5. The van der Waals surface area contributed by atoms with Crippen molar-refractivity contribution in [1.82, 2.24) is 15.3 Å². The topological polar surface area (TPSA) is 133 Å². The molecule has 196 valence electrons. The summed E-state index contributed by atoms with van der Waals surface area (Å²) in [4.78, 5) is 51.7. The normalized spacial score (nSPS) is 22.5. The molecule has 1 unspecified atom stereocenters. The number of piperidine rings is 1. The number of nitrogens with zero attached hydrogens (tertiary/aromatic N) is 2. The van der Waals surface area contributed by atoms with Crippen molar-refractivity contribution < 1.29 is 24.4 Å². The number of allylic oxidation sites excluding steroid dienone is 3. The summed E-state index contributed by atoms with van der Waals surface area (Å²) in [5, 5.41) is 13.0. The molecule has 4 amide bonds. The predicted octanol–water partition coefficient (Wildman–Crippen LogP) is 2.25. The number of carbonyl (C=O) groups is 4. The fourth-order valence-electron chi connectivity index (χ4n) is 5.13. The van der Waals surface area contributed by atoms with Crippen molar-refractivity contribution in [2.75, 3.05) is 19.6 Å². The highest BCUT2D eigenvalue weighted by Crippen LogP contribution is 2.42. The third kappa shape index (κ3) is 7.16. The van der Waals surface area contributed by atoms with Gasteiger partial charge in [0, 0.05) is 13.1 Å². The second-order valence-corrected chi connectivity index (χ2v) is 11.4. The summed E-state index contributed by atoms with van der Waals surface area (Å²) in [6.07, 6.45) is 10.2. The third-order valence-electron chi connectivity index (χ3n) is 7.15. The molecule has 1 aliphatic carbocycles. The van der Waals surface area contributed by atoms with Gasteiger partial charge in [0.05, 0.1) is 17.9 Å². The number of likely N-dealkylation sites (tertiary alicyclic amines) is 1. The Morgan fingerprint density at radius 1 is 1.23 bits per heavy atom. The van der Waals surface area contributed by atoms with Crippen LogP contribution < -0.4 is 11.1 Å². The lowest BCUT2D eigenvalue weighted by Gasteiger charge is -2.43. The highest BCUT2D eigenvalue weighted by molar-refractivity contribution is 5.89. The Kier molecular flexibility index (Phi) is 9.66. The van der Waals surface area contributed by atoms with Gasteiger partial charge in [-0.25, -0.2) is 5.06 Å². The van der Waals surface area contributed by atoms with E-state index < -0.39 is 22.8 Å². The highest BCUT2D eigenvalue weighted by atomic mass is 16.5. The predicted molar refractivity (Wildman–Crippen MR) is 133 cm³/mol. The molecule has 0 aromatic carbocycles. The van der Waals surface area contributed by atoms with Crippen molar-refractivity contribution in [2.24, 2.45) is 34.3 Å². The summed E-state index contributed by atoms with van der Waals surface area (Å²) in [5.41, 5.74) is 4.52. The molecule has 3 atom stereocenters. The Balaban J connectivity index is 2.12. The second-order valence-electron chi connectivity index (χ2n) is 11.4. The second kappa shape index (κ2) is 11.8. The van der Waals surface area contributed by atoms with E-state index in [9.17, 15) is 24.4 Å². The van der Waals surface area contributed by atoms with E-state index in [0.29, 0.717) is 43.8 Å². The van der Waals surface area contributed by atoms with E-state index in [4.69, 9.17) is 5.73 Å². The van der Waals surface area contributed by atoms with Crippen LogP contribution in [-0.4, -0.2) is 65.0 Å². The maximum Gasteiger partial charge on any atom is 0.245 e. The van der Waals surface area contributed by atoms with Gasteiger partial charge < -0.3 is 16.0 Å². The largest absolute Gasteiger partial charge is 0.369 e. The highest BCUT2D eigenvalue weighted by Gasteiger charge is 2.45. The Hall–Kier alpha value is -2.68. The lowest BCUT2D eigenvalue weighted by Crippen LogP contribution is -2.58. The maximum absolute atomic E-state index is 13.6. The Morgan fingerprint density at radius 3 is 2.31 bits per heavy atom. The van der Waals surface area contributed by atoms with Crippen LogP contribution in [0, 0.1) is 28.6 Å². The van der Waals surface area contributed by atoms with Gasteiger partial charge in [-0.05, 0) is 42.9 Å². The molecule has 1 saturated heterocycles. The number of hydrogen-bond donors (Lipinski definition) is 3. The van der Waals surface area contributed by atoms with E-state index in [1.807, 2.05) is 58.9 Å².